The van der Waals surface area contributed by atoms with Gasteiger partial charge in [0.25, 0.3) is 16.5 Å². The van der Waals surface area contributed by atoms with Gasteiger partial charge in [0, 0.05) is 18.8 Å². The Hall–Kier alpha value is -3.30. The molecule has 0 bridgehead atoms. The third-order valence-corrected chi connectivity index (χ3v) is 6.17. The minimum absolute atomic E-state index is 0.0344. The molecule has 3 N–H and O–H groups in total. The third kappa shape index (κ3) is 3.96. The van der Waals surface area contributed by atoms with Crippen molar-refractivity contribution in [1.82, 2.24) is 8.96 Å². The third-order valence-electron chi connectivity index (χ3n) is 4.50. The van der Waals surface area contributed by atoms with Crippen LogP contribution in [0.2, 0.25) is 0 Å². The van der Waals surface area contributed by atoms with Gasteiger partial charge in [-0.25, -0.2) is 12.4 Å². The van der Waals surface area contributed by atoms with Gasteiger partial charge in [0.05, 0.1) is 15.9 Å². The van der Waals surface area contributed by atoms with E-state index in [1.807, 2.05) is 0 Å². The Morgan fingerprint density at radius 3 is 2.72 bits per heavy atom. The summed E-state index contributed by atoms with van der Waals surface area (Å²) in [7, 11) is -3.81. The highest BCUT2D eigenvalue weighted by Crippen LogP contribution is 2.27. The Labute approximate surface area is 167 Å². The van der Waals surface area contributed by atoms with Gasteiger partial charge in [0.2, 0.25) is 0 Å². The fourth-order valence-electron chi connectivity index (χ4n) is 3.23. The predicted octanol–water partition coefficient (Wildman–Crippen LogP) is 1.61. The number of hydrogen-bond acceptors (Lipinski definition) is 6. The van der Waals surface area contributed by atoms with Crippen molar-refractivity contribution in [2.75, 3.05) is 6.54 Å². The molecule has 2 heterocycles. The zero-order valence-corrected chi connectivity index (χ0v) is 16.2. The SMILES string of the molecule is NCCc1cn(S(=O)(=O)c2ccc3c(c2)CC(=O)C=C3)c2cccnc12.O=CO. The lowest BCUT2D eigenvalue weighted by Crippen LogP contribution is -2.14. The highest BCUT2D eigenvalue weighted by atomic mass is 32.2. The first-order valence-corrected chi connectivity index (χ1v) is 10.2. The van der Waals surface area contributed by atoms with Crippen LogP contribution < -0.4 is 5.73 Å². The van der Waals surface area contributed by atoms with E-state index in [1.54, 1.807) is 48.8 Å². The van der Waals surface area contributed by atoms with Gasteiger partial charge in [0.15, 0.2) is 5.78 Å². The first-order valence-electron chi connectivity index (χ1n) is 8.74. The summed E-state index contributed by atoms with van der Waals surface area (Å²) in [5, 5.41) is 6.89. The van der Waals surface area contributed by atoms with Crippen molar-refractivity contribution in [2.45, 2.75) is 17.7 Å². The van der Waals surface area contributed by atoms with E-state index in [9.17, 15) is 13.2 Å². The van der Waals surface area contributed by atoms with Crippen LogP contribution in [0.3, 0.4) is 0 Å². The number of nitrogens with two attached hydrogens (primary N) is 1. The number of carbonyl (C=O) groups is 2. The Morgan fingerprint density at radius 1 is 1.24 bits per heavy atom. The highest BCUT2D eigenvalue weighted by Gasteiger charge is 2.23. The molecule has 0 aliphatic heterocycles. The van der Waals surface area contributed by atoms with E-state index in [4.69, 9.17) is 15.6 Å². The fraction of sp³-hybridized carbons (Fsp3) is 0.150. The molecule has 9 heteroatoms. The lowest BCUT2D eigenvalue weighted by Gasteiger charge is -2.13. The highest BCUT2D eigenvalue weighted by molar-refractivity contribution is 7.90. The van der Waals surface area contributed by atoms with E-state index in [0.29, 0.717) is 24.0 Å². The Kier molecular flexibility index (Phi) is 5.90. The van der Waals surface area contributed by atoms with E-state index in [0.717, 1.165) is 16.7 Å². The first-order chi connectivity index (χ1) is 13.9. The predicted molar refractivity (Wildman–Crippen MR) is 108 cm³/mol. The first kappa shape index (κ1) is 20.4. The Balaban J connectivity index is 0.000000755. The molecule has 29 heavy (non-hydrogen) atoms. The van der Waals surface area contributed by atoms with Crippen LogP contribution in [0.4, 0.5) is 0 Å². The number of carboxylic acid groups (broad SMARTS) is 1. The summed E-state index contributed by atoms with van der Waals surface area (Å²) in [4.78, 5) is 24.5. The second-order valence-electron chi connectivity index (χ2n) is 6.31. The number of fused-ring (bicyclic) bond motifs is 2. The minimum Gasteiger partial charge on any atom is -0.483 e. The van der Waals surface area contributed by atoms with Crippen LogP contribution in [-0.2, 0) is 32.5 Å². The summed E-state index contributed by atoms with van der Waals surface area (Å²) in [6.45, 7) is 0.156. The maximum atomic E-state index is 13.2. The number of aromatic nitrogens is 2. The molecule has 1 aliphatic carbocycles. The second kappa shape index (κ2) is 8.38. The smallest absolute Gasteiger partial charge is 0.290 e. The number of ketones is 1. The molecular weight excluding hydrogens is 394 g/mol. The Bertz CT molecular complexity index is 1210. The maximum absolute atomic E-state index is 13.2. The molecule has 0 spiro atoms. The fourth-order valence-corrected chi connectivity index (χ4v) is 4.66. The van der Waals surface area contributed by atoms with Gasteiger partial charge in [-0.3, -0.25) is 14.6 Å². The summed E-state index contributed by atoms with van der Waals surface area (Å²) in [6.07, 6.45) is 7.20. The van der Waals surface area contributed by atoms with Gasteiger partial charge >= 0.3 is 0 Å². The van der Waals surface area contributed by atoms with Crippen molar-refractivity contribution in [1.29, 1.82) is 0 Å². The van der Waals surface area contributed by atoms with Crippen LogP contribution in [0.5, 0.6) is 0 Å². The minimum atomic E-state index is -3.81. The van der Waals surface area contributed by atoms with Crippen molar-refractivity contribution < 1.29 is 23.1 Å². The molecule has 1 aliphatic rings. The normalized spacial score (nSPS) is 12.9. The van der Waals surface area contributed by atoms with Crippen molar-refractivity contribution in [2.24, 2.45) is 5.73 Å². The molecule has 150 valence electrons. The number of pyridine rings is 1. The molecule has 0 saturated carbocycles. The lowest BCUT2D eigenvalue weighted by atomic mass is 9.97. The average molecular weight is 413 g/mol. The van der Waals surface area contributed by atoms with E-state index < -0.39 is 10.0 Å². The summed E-state index contributed by atoms with van der Waals surface area (Å²) in [5.74, 6) is -0.0344. The number of nitrogens with zero attached hydrogens (tertiary/aromatic N) is 2. The monoisotopic (exact) mass is 413 g/mol. The van der Waals surface area contributed by atoms with E-state index in [-0.39, 0.29) is 23.6 Å². The van der Waals surface area contributed by atoms with Crippen LogP contribution in [0.15, 0.2) is 53.7 Å². The molecule has 0 radical (unpaired) electrons. The van der Waals surface area contributed by atoms with Crippen molar-refractivity contribution >= 4 is 39.4 Å². The Morgan fingerprint density at radius 2 is 2.00 bits per heavy atom. The number of carbonyl (C=O) groups excluding carboxylic acids is 1. The summed E-state index contributed by atoms with van der Waals surface area (Å²) in [6, 6.07) is 8.31. The largest absolute Gasteiger partial charge is 0.483 e. The number of hydrogen-bond donors (Lipinski definition) is 2. The van der Waals surface area contributed by atoms with Gasteiger partial charge in [-0.05, 0) is 60.0 Å². The summed E-state index contributed by atoms with van der Waals surface area (Å²) >= 11 is 0. The number of rotatable bonds is 4. The molecular formula is C20H19N3O5S. The van der Waals surface area contributed by atoms with Gasteiger partial charge in [-0.2, -0.15) is 0 Å². The van der Waals surface area contributed by atoms with Crippen molar-refractivity contribution in [3.8, 4) is 0 Å². The average Bonchev–Trinajstić information content (AvgIpc) is 3.08. The molecule has 4 rings (SSSR count). The van der Waals surface area contributed by atoms with Crippen LogP contribution in [0, 0.1) is 0 Å². The maximum Gasteiger partial charge on any atom is 0.290 e. The van der Waals surface area contributed by atoms with Crippen LogP contribution in [-0.4, -0.2) is 41.3 Å². The molecule has 3 aromatic rings. The van der Waals surface area contributed by atoms with Crippen LogP contribution in [0.1, 0.15) is 16.7 Å². The number of allylic oxidation sites excluding steroid dienone is 1. The molecule has 0 atom stereocenters. The second-order valence-corrected chi connectivity index (χ2v) is 8.12. The molecule has 0 saturated heterocycles. The zero-order chi connectivity index (χ0) is 21.0. The quantitative estimate of drug-likeness (QED) is 0.621. The van der Waals surface area contributed by atoms with Crippen LogP contribution in [0.25, 0.3) is 17.1 Å². The summed E-state index contributed by atoms with van der Waals surface area (Å²) in [5.41, 5.74) is 9.18. The van der Waals surface area contributed by atoms with Gasteiger partial charge < -0.3 is 10.8 Å². The van der Waals surface area contributed by atoms with Gasteiger partial charge in [-0.1, -0.05) is 12.1 Å². The van der Waals surface area contributed by atoms with Gasteiger partial charge in [0.1, 0.15) is 0 Å². The van der Waals surface area contributed by atoms with E-state index in [1.165, 1.54) is 10.0 Å². The van der Waals surface area contributed by atoms with Crippen molar-refractivity contribution in [3.63, 3.8) is 0 Å². The zero-order valence-electron chi connectivity index (χ0n) is 15.4. The number of benzene rings is 1. The summed E-state index contributed by atoms with van der Waals surface area (Å²) < 4.78 is 27.7. The molecule has 0 fully saturated rings. The molecule has 0 amide bonds. The standard InChI is InChI=1S/C19H17N3O3S.CH2O2/c20-8-7-14-12-22(18-2-1-9-21-19(14)18)26(24,25)17-6-4-13-3-5-16(23)10-15(13)11-17;2-1-3/h1-6,9,11-12H,7-8,10,20H2;1H,(H,2,3). The van der Waals surface area contributed by atoms with E-state index >= 15 is 0 Å². The topological polar surface area (TPSA) is 132 Å². The molecule has 0 unspecified atom stereocenters. The van der Waals surface area contributed by atoms with Crippen LogP contribution >= 0.6 is 0 Å². The molecule has 1 aromatic carbocycles. The molecule has 2 aromatic heterocycles. The van der Waals surface area contributed by atoms with Gasteiger partial charge in [-0.15, -0.1) is 0 Å². The lowest BCUT2D eigenvalue weighted by molar-refractivity contribution is -0.123. The molecule has 8 nitrogen and oxygen atoms in total. The van der Waals surface area contributed by atoms with E-state index in [2.05, 4.69) is 4.98 Å². The van der Waals surface area contributed by atoms with Crippen molar-refractivity contribution in [3.05, 3.63) is 65.5 Å².